The van der Waals surface area contributed by atoms with E-state index in [9.17, 15) is 19.5 Å². The van der Waals surface area contributed by atoms with Gasteiger partial charge in [0.15, 0.2) is 5.60 Å². The molecule has 0 aromatic heterocycles. The number of aryl methyl sites for hydroxylation is 1. The zero-order chi connectivity index (χ0) is 25.9. The Morgan fingerprint density at radius 3 is 2.63 bits per heavy atom. The van der Waals surface area contributed by atoms with Crippen LogP contribution in [-0.4, -0.2) is 83.3 Å². The van der Waals surface area contributed by atoms with Crippen LogP contribution in [0.15, 0.2) is 12.1 Å². The van der Waals surface area contributed by atoms with E-state index in [1.165, 1.54) is 4.90 Å². The van der Waals surface area contributed by atoms with Gasteiger partial charge in [0.1, 0.15) is 5.75 Å². The fourth-order valence-electron chi connectivity index (χ4n) is 4.89. The lowest BCUT2D eigenvalue weighted by atomic mass is 9.97. The third-order valence-corrected chi connectivity index (χ3v) is 6.61. The zero-order valence-corrected chi connectivity index (χ0v) is 21.8. The number of anilines is 1. The van der Waals surface area contributed by atoms with E-state index in [1.54, 1.807) is 29.7 Å². The van der Waals surface area contributed by atoms with Crippen LogP contribution < -0.4 is 9.64 Å². The molecular weight excluding hydrogens is 450 g/mol. The van der Waals surface area contributed by atoms with Gasteiger partial charge in [-0.1, -0.05) is 6.92 Å². The number of fused-ring (bicyclic) bond motifs is 1. The van der Waals surface area contributed by atoms with Crippen LogP contribution in [0.1, 0.15) is 69.8 Å². The molecule has 35 heavy (non-hydrogen) atoms. The number of hydrogen-bond acceptors (Lipinski definition) is 5. The summed E-state index contributed by atoms with van der Waals surface area (Å²) < 4.78 is 11.7. The normalized spacial score (nSPS) is 19.4. The van der Waals surface area contributed by atoms with Crippen molar-refractivity contribution >= 4 is 23.6 Å². The van der Waals surface area contributed by atoms with Gasteiger partial charge in [0, 0.05) is 37.8 Å². The van der Waals surface area contributed by atoms with Crippen LogP contribution in [0.3, 0.4) is 0 Å². The van der Waals surface area contributed by atoms with Crippen molar-refractivity contribution in [2.24, 2.45) is 0 Å². The molecule has 2 aliphatic rings. The highest BCUT2D eigenvalue weighted by Gasteiger charge is 2.42. The Morgan fingerprint density at radius 1 is 1.29 bits per heavy atom. The lowest BCUT2D eigenvalue weighted by molar-refractivity contribution is -0.132. The fraction of sp³-hybridized carbons (Fsp3) is 0.654. The SMILES string of the molecule is CCCOCCN1C(=O)C(C)(C)Oc2cc(C)c(C(=O)N(C(C)C)[C@@H]3CCCN(C(=O)O)C3)cc21. The molecule has 1 aromatic rings. The predicted octanol–water partition coefficient (Wildman–Crippen LogP) is 3.92. The topological polar surface area (TPSA) is 99.6 Å². The van der Waals surface area contributed by atoms with E-state index in [2.05, 4.69) is 0 Å². The van der Waals surface area contributed by atoms with Gasteiger partial charge < -0.3 is 29.3 Å². The summed E-state index contributed by atoms with van der Waals surface area (Å²) in [5, 5.41) is 9.47. The molecule has 0 aliphatic carbocycles. The lowest BCUT2D eigenvalue weighted by Crippen LogP contribution is -2.54. The summed E-state index contributed by atoms with van der Waals surface area (Å²) in [6, 6.07) is 3.23. The van der Waals surface area contributed by atoms with Gasteiger partial charge in [-0.25, -0.2) is 4.79 Å². The smallest absolute Gasteiger partial charge is 0.407 e. The number of ether oxygens (including phenoxy) is 2. The Kier molecular flexibility index (Phi) is 8.30. The molecule has 0 saturated carbocycles. The molecule has 3 amide bonds. The Balaban J connectivity index is 1.96. The average molecular weight is 490 g/mol. The number of rotatable bonds is 8. The van der Waals surface area contributed by atoms with Crippen molar-refractivity contribution in [2.45, 2.75) is 78.5 Å². The largest absolute Gasteiger partial charge is 0.476 e. The minimum Gasteiger partial charge on any atom is -0.476 e. The van der Waals surface area contributed by atoms with Crippen LogP contribution in [0.5, 0.6) is 5.75 Å². The first-order chi connectivity index (χ1) is 16.5. The molecule has 2 heterocycles. The molecular formula is C26H39N3O6. The van der Waals surface area contributed by atoms with Crippen molar-refractivity contribution < 1.29 is 29.0 Å². The molecule has 194 valence electrons. The van der Waals surface area contributed by atoms with E-state index < -0.39 is 11.7 Å². The van der Waals surface area contributed by atoms with E-state index >= 15 is 0 Å². The number of carbonyl (C=O) groups excluding carboxylic acids is 2. The predicted molar refractivity (Wildman–Crippen MR) is 133 cm³/mol. The zero-order valence-electron chi connectivity index (χ0n) is 21.8. The molecule has 2 aliphatic heterocycles. The van der Waals surface area contributed by atoms with Crippen molar-refractivity contribution in [1.29, 1.82) is 0 Å². The van der Waals surface area contributed by atoms with Crippen molar-refractivity contribution in [3.05, 3.63) is 23.3 Å². The number of carbonyl (C=O) groups is 3. The van der Waals surface area contributed by atoms with Gasteiger partial charge in [0.25, 0.3) is 11.8 Å². The second-order valence-corrected chi connectivity index (χ2v) is 10.1. The highest BCUT2D eigenvalue weighted by atomic mass is 16.5. The van der Waals surface area contributed by atoms with E-state index in [0.29, 0.717) is 56.3 Å². The first-order valence-electron chi connectivity index (χ1n) is 12.5. The third kappa shape index (κ3) is 5.72. The van der Waals surface area contributed by atoms with Gasteiger partial charge in [-0.05, 0) is 71.6 Å². The van der Waals surface area contributed by atoms with Crippen LogP contribution in [0.4, 0.5) is 10.5 Å². The van der Waals surface area contributed by atoms with Crippen molar-refractivity contribution in [3.63, 3.8) is 0 Å². The summed E-state index contributed by atoms with van der Waals surface area (Å²) in [6.07, 6.45) is 1.38. The summed E-state index contributed by atoms with van der Waals surface area (Å²) in [5.74, 6) is 0.208. The monoisotopic (exact) mass is 489 g/mol. The minimum atomic E-state index is -1.03. The quantitative estimate of drug-likeness (QED) is 0.556. The summed E-state index contributed by atoms with van der Waals surface area (Å²) in [4.78, 5) is 43.5. The first-order valence-corrected chi connectivity index (χ1v) is 12.5. The molecule has 0 bridgehead atoms. The summed E-state index contributed by atoms with van der Waals surface area (Å²) in [6.45, 7) is 13.4. The number of hydrogen-bond donors (Lipinski definition) is 1. The molecule has 1 saturated heterocycles. The van der Waals surface area contributed by atoms with Gasteiger partial charge in [-0.15, -0.1) is 0 Å². The van der Waals surface area contributed by atoms with E-state index in [4.69, 9.17) is 9.47 Å². The van der Waals surface area contributed by atoms with E-state index in [1.807, 2.05) is 33.8 Å². The van der Waals surface area contributed by atoms with E-state index in [0.717, 1.165) is 18.4 Å². The lowest BCUT2D eigenvalue weighted by Gasteiger charge is -2.41. The summed E-state index contributed by atoms with van der Waals surface area (Å²) in [5.41, 5.74) is 0.767. The van der Waals surface area contributed by atoms with Crippen LogP contribution in [0.2, 0.25) is 0 Å². The second kappa shape index (κ2) is 10.8. The maximum Gasteiger partial charge on any atom is 0.407 e. The number of piperidine rings is 1. The number of amides is 3. The molecule has 1 fully saturated rings. The summed E-state index contributed by atoms with van der Waals surface area (Å²) in [7, 11) is 0. The first kappa shape index (κ1) is 26.8. The average Bonchev–Trinajstić information content (AvgIpc) is 2.78. The molecule has 0 spiro atoms. The van der Waals surface area contributed by atoms with Gasteiger partial charge in [-0.3, -0.25) is 9.59 Å². The number of nitrogens with zero attached hydrogens (tertiary/aromatic N) is 3. The fourth-order valence-corrected chi connectivity index (χ4v) is 4.89. The molecule has 1 aromatic carbocycles. The second-order valence-electron chi connectivity index (χ2n) is 10.1. The third-order valence-electron chi connectivity index (χ3n) is 6.61. The van der Waals surface area contributed by atoms with Gasteiger partial charge in [0.2, 0.25) is 0 Å². The van der Waals surface area contributed by atoms with Gasteiger partial charge in [0.05, 0.1) is 18.3 Å². The van der Waals surface area contributed by atoms with Gasteiger partial charge in [-0.2, -0.15) is 0 Å². The minimum absolute atomic E-state index is 0.118. The molecule has 9 heteroatoms. The molecule has 0 unspecified atom stereocenters. The number of likely N-dealkylation sites (tertiary alicyclic amines) is 1. The Labute approximate surface area is 208 Å². The van der Waals surface area contributed by atoms with Crippen molar-refractivity contribution in [1.82, 2.24) is 9.80 Å². The van der Waals surface area contributed by atoms with Crippen LogP contribution in [0, 0.1) is 6.92 Å². The van der Waals surface area contributed by atoms with E-state index in [-0.39, 0.29) is 23.9 Å². The Bertz CT molecular complexity index is 961. The molecule has 3 rings (SSSR count). The van der Waals surface area contributed by atoms with Crippen LogP contribution in [-0.2, 0) is 9.53 Å². The standard InChI is InChI=1S/C26H39N3O6/c1-7-12-34-13-11-28-21-15-20(18(4)14-22(21)35-26(5,6)24(28)31)23(30)29(17(2)3)19-9-8-10-27(16-19)25(32)33/h14-15,17,19H,7-13,16H2,1-6H3,(H,32,33)/t19-/m1/s1. The molecule has 0 radical (unpaired) electrons. The Hall–Kier alpha value is -2.81. The van der Waals surface area contributed by atoms with Crippen LogP contribution >= 0.6 is 0 Å². The molecule has 1 atom stereocenters. The molecule has 1 N–H and O–H groups in total. The number of benzene rings is 1. The maximum atomic E-state index is 13.9. The van der Waals surface area contributed by atoms with Crippen LogP contribution in [0.25, 0.3) is 0 Å². The Morgan fingerprint density at radius 2 is 2.00 bits per heavy atom. The van der Waals surface area contributed by atoms with Crippen molar-refractivity contribution in [3.8, 4) is 5.75 Å². The molecule has 9 nitrogen and oxygen atoms in total. The summed E-state index contributed by atoms with van der Waals surface area (Å²) >= 11 is 0. The van der Waals surface area contributed by atoms with Crippen molar-refractivity contribution in [2.75, 3.05) is 37.7 Å². The highest BCUT2D eigenvalue weighted by molar-refractivity contribution is 6.05. The highest BCUT2D eigenvalue weighted by Crippen LogP contribution is 2.40. The number of carboxylic acid groups (broad SMARTS) is 1. The maximum absolute atomic E-state index is 13.9. The van der Waals surface area contributed by atoms with Gasteiger partial charge >= 0.3 is 6.09 Å².